The second-order valence-electron chi connectivity index (χ2n) is 5.28. The molecule has 25 heavy (non-hydrogen) atoms. The maximum absolute atomic E-state index is 12.8. The highest BCUT2D eigenvalue weighted by molar-refractivity contribution is 7.90. The Balaban J connectivity index is 1.80. The van der Waals surface area contributed by atoms with E-state index in [1.54, 1.807) is 18.3 Å². The van der Waals surface area contributed by atoms with Gasteiger partial charge in [-0.15, -0.1) is 0 Å². The van der Waals surface area contributed by atoms with Crippen molar-refractivity contribution in [2.24, 2.45) is 0 Å². The van der Waals surface area contributed by atoms with Crippen LogP contribution in [0.15, 0.2) is 48.8 Å². The molecule has 0 aliphatic rings. The largest absolute Gasteiger partial charge is 0.264 e. The normalized spacial score (nSPS) is 12.2. The predicted octanol–water partition coefficient (Wildman–Crippen LogP) is 0.760. The van der Waals surface area contributed by atoms with Crippen molar-refractivity contribution in [3.8, 4) is 0 Å². The summed E-state index contributed by atoms with van der Waals surface area (Å²) >= 11 is 0. The molecule has 0 aliphatic heterocycles. The van der Waals surface area contributed by atoms with E-state index in [0.29, 0.717) is 11.1 Å². The van der Waals surface area contributed by atoms with Gasteiger partial charge in [0.1, 0.15) is 5.82 Å². The second-order valence-corrected chi connectivity index (χ2v) is 9.01. The lowest BCUT2D eigenvalue weighted by Crippen LogP contribution is -2.34. The third-order valence-electron chi connectivity index (χ3n) is 3.18. The second kappa shape index (κ2) is 8.48. The van der Waals surface area contributed by atoms with Crippen LogP contribution in [-0.2, 0) is 32.3 Å². The molecular weight excluding hydrogens is 369 g/mol. The van der Waals surface area contributed by atoms with Crippen LogP contribution >= 0.6 is 0 Å². The van der Waals surface area contributed by atoms with Crippen LogP contribution in [0, 0.1) is 5.82 Å². The van der Waals surface area contributed by atoms with E-state index in [2.05, 4.69) is 14.4 Å². The average molecular weight is 387 g/mol. The van der Waals surface area contributed by atoms with E-state index in [1.165, 1.54) is 18.3 Å². The van der Waals surface area contributed by atoms with E-state index >= 15 is 0 Å². The summed E-state index contributed by atoms with van der Waals surface area (Å²) in [5, 5.41) is 0. The van der Waals surface area contributed by atoms with Crippen LogP contribution in [-0.4, -0.2) is 34.1 Å². The number of sulfonamides is 2. The van der Waals surface area contributed by atoms with Gasteiger partial charge in [0, 0.05) is 25.5 Å². The minimum atomic E-state index is -3.71. The summed E-state index contributed by atoms with van der Waals surface area (Å²) in [7, 11) is -7.35. The fourth-order valence-corrected chi connectivity index (χ4v) is 4.13. The molecule has 0 atom stereocenters. The van der Waals surface area contributed by atoms with Gasteiger partial charge in [-0.1, -0.05) is 18.2 Å². The Hall–Kier alpha value is -1.88. The number of rotatable bonds is 9. The molecule has 0 bridgehead atoms. The van der Waals surface area contributed by atoms with Crippen molar-refractivity contribution in [3.63, 3.8) is 0 Å². The molecule has 136 valence electrons. The minimum Gasteiger partial charge on any atom is -0.264 e. The van der Waals surface area contributed by atoms with Crippen molar-refractivity contribution in [1.29, 1.82) is 0 Å². The molecule has 2 rings (SSSR count). The van der Waals surface area contributed by atoms with Crippen LogP contribution in [0.4, 0.5) is 4.39 Å². The Morgan fingerprint density at radius 1 is 0.920 bits per heavy atom. The predicted molar refractivity (Wildman–Crippen MR) is 91.9 cm³/mol. The fourth-order valence-electron chi connectivity index (χ4n) is 1.95. The number of nitrogens with one attached hydrogen (secondary N) is 2. The first-order chi connectivity index (χ1) is 11.8. The van der Waals surface area contributed by atoms with Gasteiger partial charge in [0.2, 0.25) is 20.0 Å². The molecule has 0 amide bonds. The fraction of sp³-hybridized carbons (Fsp3) is 0.267. The van der Waals surface area contributed by atoms with Gasteiger partial charge in [0.25, 0.3) is 0 Å². The maximum Gasteiger partial charge on any atom is 0.215 e. The molecule has 1 heterocycles. The molecule has 2 N–H and O–H groups in total. The van der Waals surface area contributed by atoms with Gasteiger partial charge in [-0.2, -0.15) is 0 Å². The summed E-state index contributed by atoms with van der Waals surface area (Å²) in [5.74, 6) is -1.20. The number of hydrogen-bond acceptors (Lipinski definition) is 5. The summed E-state index contributed by atoms with van der Waals surface area (Å²) in [6.45, 7) is -0.176. The molecule has 7 nitrogen and oxygen atoms in total. The van der Waals surface area contributed by atoms with Gasteiger partial charge in [-0.25, -0.2) is 30.7 Å². The van der Waals surface area contributed by atoms with Gasteiger partial charge in [-0.3, -0.25) is 4.98 Å². The first kappa shape index (κ1) is 19.4. The quantitative estimate of drug-likeness (QED) is 0.661. The van der Waals surface area contributed by atoms with Crippen LogP contribution in [0.2, 0.25) is 0 Å². The Morgan fingerprint density at radius 2 is 1.64 bits per heavy atom. The third kappa shape index (κ3) is 7.26. The van der Waals surface area contributed by atoms with E-state index in [4.69, 9.17) is 0 Å². The summed E-state index contributed by atoms with van der Waals surface area (Å²) < 4.78 is 65.0. The van der Waals surface area contributed by atoms with E-state index in [-0.39, 0.29) is 18.8 Å². The smallest absolute Gasteiger partial charge is 0.215 e. The Morgan fingerprint density at radius 3 is 2.28 bits per heavy atom. The van der Waals surface area contributed by atoms with Crippen molar-refractivity contribution in [2.45, 2.75) is 12.3 Å². The van der Waals surface area contributed by atoms with Gasteiger partial charge < -0.3 is 0 Å². The summed E-state index contributed by atoms with van der Waals surface area (Å²) in [5.41, 5.74) is 1.11. The highest BCUT2D eigenvalue weighted by Crippen LogP contribution is 2.06. The molecule has 0 saturated carbocycles. The third-order valence-corrected chi connectivity index (χ3v) is 5.86. The van der Waals surface area contributed by atoms with Crippen molar-refractivity contribution < 1.29 is 21.2 Å². The van der Waals surface area contributed by atoms with Crippen molar-refractivity contribution >= 4 is 20.0 Å². The Bertz CT molecular complexity index is 886. The SMILES string of the molecule is O=S(=O)(CCNS(=O)(=O)Cc1ccc(F)cc1)NCc1cccnc1. The molecule has 10 heteroatoms. The van der Waals surface area contributed by atoms with Gasteiger partial charge in [-0.05, 0) is 29.3 Å². The minimum absolute atomic E-state index is 0.0818. The Labute approximate surface area is 146 Å². The lowest BCUT2D eigenvalue weighted by atomic mass is 10.2. The maximum atomic E-state index is 12.8. The number of halogens is 1. The summed E-state index contributed by atoms with van der Waals surface area (Å²) in [6, 6.07) is 8.46. The topological polar surface area (TPSA) is 105 Å². The molecule has 0 unspecified atom stereocenters. The zero-order valence-corrected chi connectivity index (χ0v) is 14.9. The highest BCUT2D eigenvalue weighted by Gasteiger charge is 2.15. The Kier molecular flexibility index (Phi) is 6.59. The van der Waals surface area contributed by atoms with Crippen molar-refractivity contribution in [1.82, 2.24) is 14.4 Å². The summed E-state index contributed by atoms with van der Waals surface area (Å²) in [4.78, 5) is 3.88. The van der Waals surface area contributed by atoms with Crippen LogP contribution in [0.1, 0.15) is 11.1 Å². The van der Waals surface area contributed by atoms with Gasteiger partial charge in [0.05, 0.1) is 11.5 Å². The molecular formula is C15H18FN3O4S2. The van der Waals surface area contributed by atoms with Crippen LogP contribution in [0.25, 0.3) is 0 Å². The number of nitrogens with zero attached hydrogens (tertiary/aromatic N) is 1. The van der Waals surface area contributed by atoms with E-state index < -0.39 is 31.6 Å². The lowest BCUT2D eigenvalue weighted by Gasteiger charge is -2.09. The van der Waals surface area contributed by atoms with Crippen LogP contribution in [0.3, 0.4) is 0 Å². The van der Waals surface area contributed by atoms with E-state index in [9.17, 15) is 21.2 Å². The lowest BCUT2D eigenvalue weighted by molar-refractivity contribution is 0.574. The first-order valence-corrected chi connectivity index (χ1v) is 10.6. The molecule has 0 fully saturated rings. The monoisotopic (exact) mass is 387 g/mol. The zero-order chi connectivity index (χ0) is 18.3. The number of pyridine rings is 1. The molecule has 1 aromatic heterocycles. The molecule has 1 aromatic carbocycles. The van der Waals surface area contributed by atoms with Crippen molar-refractivity contribution in [2.75, 3.05) is 12.3 Å². The molecule has 0 aliphatic carbocycles. The van der Waals surface area contributed by atoms with E-state index in [1.807, 2.05) is 0 Å². The standard InChI is InChI=1S/C15H18FN3O4S2/c16-15-5-3-13(4-6-15)12-25(22,23)18-8-9-24(20,21)19-11-14-2-1-7-17-10-14/h1-7,10,18-19H,8-9,11-12H2. The number of aromatic nitrogens is 1. The molecule has 0 saturated heterocycles. The summed E-state index contributed by atoms with van der Waals surface area (Å²) in [6.07, 6.45) is 3.11. The van der Waals surface area contributed by atoms with Crippen LogP contribution in [0.5, 0.6) is 0 Å². The van der Waals surface area contributed by atoms with Gasteiger partial charge >= 0.3 is 0 Å². The molecule has 0 radical (unpaired) electrons. The number of benzene rings is 1. The van der Waals surface area contributed by atoms with E-state index in [0.717, 1.165) is 12.1 Å². The van der Waals surface area contributed by atoms with Crippen LogP contribution < -0.4 is 9.44 Å². The molecule has 0 spiro atoms. The zero-order valence-electron chi connectivity index (χ0n) is 13.2. The number of hydrogen-bond donors (Lipinski definition) is 2. The van der Waals surface area contributed by atoms with Crippen molar-refractivity contribution in [3.05, 3.63) is 65.7 Å². The molecule has 2 aromatic rings. The first-order valence-electron chi connectivity index (χ1n) is 7.34. The highest BCUT2D eigenvalue weighted by atomic mass is 32.2. The average Bonchev–Trinajstić information content (AvgIpc) is 2.56. The van der Waals surface area contributed by atoms with Gasteiger partial charge in [0.15, 0.2) is 0 Å².